The first-order valence-corrected chi connectivity index (χ1v) is 45.5. The van der Waals surface area contributed by atoms with E-state index in [9.17, 15) is 0 Å². The second-order valence-corrected chi connectivity index (χ2v) is 34.4. The Balaban J connectivity index is 0.000000173. The first-order valence-electron chi connectivity index (χ1n) is 45.5. The lowest BCUT2D eigenvalue weighted by Gasteiger charge is -2.34. The van der Waals surface area contributed by atoms with Gasteiger partial charge < -0.3 is 47.4 Å². The van der Waals surface area contributed by atoms with Gasteiger partial charge in [0, 0.05) is 12.3 Å². The second kappa shape index (κ2) is 51.0. The van der Waals surface area contributed by atoms with Gasteiger partial charge in [0.15, 0.2) is 25.2 Å². The Morgan fingerprint density at radius 3 is 1.00 bits per heavy atom. The van der Waals surface area contributed by atoms with E-state index in [1.165, 1.54) is 253 Å². The summed E-state index contributed by atoms with van der Waals surface area (Å²) in [6, 6.07) is 42.6. The summed E-state index contributed by atoms with van der Waals surface area (Å²) in [7, 11) is 0. The summed E-state index contributed by atoms with van der Waals surface area (Å²) in [5, 5.41) is 0. The van der Waals surface area contributed by atoms with E-state index in [0.29, 0.717) is 53.8 Å². The smallest absolute Gasteiger partial charge is 0.202 e. The van der Waals surface area contributed by atoms with Crippen molar-refractivity contribution in [3.8, 4) is 28.7 Å². The van der Waals surface area contributed by atoms with Crippen LogP contribution >= 0.6 is 0 Å². The van der Waals surface area contributed by atoms with Crippen LogP contribution in [0.2, 0.25) is 0 Å². The highest BCUT2D eigenvalue weighted by atomic mass is 16.7. The maximum absolute atomic E-state index is 6.51. The van der Waals surface area contributed by atoms with Crippen LogP contribution < -0.4 is 23.7 Å². The molecular formula is C100H156O10. The minimum atomic E-state index is -0.168. The number of hydrogen-bond acceptors (Lipinski definition) is 10. The molecule has 0 aromatic heterocycles. The number of hydrogen-bond donors (Lipinski definition) is 0. The van der Waals surface area contributed by atoms with Crippen LogP contribution in [0.15, 0.2) is 121 Å². The van der Waals surface area contributed by atoms with E-state index in [1.54, 1.807) is 0 Å². The van der Waals surface area contributed by atoms with Crippen LogP contribution in [0.5, 0.6) is 28.7 Å². The second-order valence-electron chi connectivity index (χ2n) is 34.4. The van der Waals surface area contributed by atoms with Crippen LogP contribution in [-0.2, 0) is 23.7 Å². The molecule has 7 aliphatic rings. The largest absolute Gasteiger partial charge is 0.465 e. The molecule has 0 aliphatic heterocycles. The van der Waals surface area contributed by atoms with Gasteiger partial charge >= 0.3 is 0 Å². The van der Waals surface area contributed by atoms with E-state index >= 15 is 0 Å². The minimum absolute atomic E-state index is 0.0575. The zero-order chi connectivity index (χ0) is 78.2. The van der Waals surface area contributed by atoms with Crippen molar-refractivity contribution >= 4 is 0 Å². The Morgan fingerprint density at radius 2 is 0.636 bits per heavy atom. The molecule has 0 radical (unpaired) electrons. The summed E-state index contributed by atoms with van der Waals surface area (Å²) in [5.74, 6) is 11.8. The fraction of sp³-hybridized carbons (Fsp3) is 0.700. The van der Waals surface area contributed by atoms with Gasteiger partial charge in [-0.3, -0.25) is 0 Å². The fourth-order valence-electron chi connectivity index (χ4n) is 17.4. The van der Waals surface area contributed by atoms with Gasteiger partial charge in [-0.2, -0.15) is 0 Å². The molecule has 7 saturated carbocycles. The zero-order valence-corrected chi connectivity index (χ0v) is 71.9. The summed E-state index contributed by atoms with van der Waals surface area (Å²) >= 11 is 0. The first kappa shape index (κ1) is 90.4. The van der Waals surface area contributed by atoms with Crippen LogP contribution in [0.4, 0.5) is 0 Å². The number of ether oxygens (including phenoxy) is 10. The van der Waals surface area contributed by atoms with Crippen molar-refractivity contribution in [2.45, 2.75) is 407 Å². The molecule has 0 saturated heterocycles. The van der Waals surface area contributed by atoms with Gasteiger partial charge in [0.05, 0.1) is 31.5 Å². The lowest BCUT2D eigenvalue weighted by atomic mass is 9.87. The molecule has 2 bridgehead atoms. The van der Waals surface area contributed by atoms with Gasteiger partial charge in [-0.1, -0.05) is 252 Å². The van der Waals surface area contributed by atoms with Gasteiger partial charge in [0.25, 0.3) is 0 Å². The molecule has 0 spiro atoms. The molecule has 10 nitrogen and oxygen atoms in total. The van der Waals surface area contributed by atoms with Crippen molar-refractivity contribution in [2.24, 2.45) is 29.6 Å². The van der Waals surface area contributed by atoms with Crippen molar-refractivity contribution in [3.05, 3.63) is 149 Å². The summed E-state index contributed by atoms with van der Waals surface area (Å²) in [6.45, 7) is 32.2. The SMILES string of the molecule is CCC(C)c1ccc(OC(C)OC2CCCCC2)cc1.CCC(C)c1ccc(OC(C)OCC2CC3CCC2C3)cc1.CCC(C)c1ccc(OC(C)OCCC2CCCCC2)cc1.CCC(C)c1ccc(OC(OC2CCCCC2)C2CCCCC2)cc1.CCC(Oc1ccc(C(C)CC)cc1)OC1CCCCC1. The number of fused-ring (bicyclic) bond motifs is 2. The summed E-state index contributed by atoms with van der Waals surface area (Å²) in [4.78, 5) is 0. The third-order valence-electron chi connectivity index (χ3n) is 25.8. The van der Waals surface area contributed by atoms with Crippen LogP contribution in [0.1, 0.15) is 385 Å². The molecule has 0 heterocycles. The maximum atomic E-state index is 6.51. The molecular weight excluding hydrogens is 1360 g/mol. The first-order chi connectivity index (χ1) is 53.5. The van der Waals surface area contributed by atoms with E-state index in [-0.39, 0.29) is 31.5 Å². The average molecular weight is 1520 g/mol. The standard InChI is InChI=1S/C23H36O2.C20H30O2.C20H32O2.C19H30O2.C18H28O2/c1-3-18(2)19-14-16-22(17-15-19)25-23(20-10-6-4-7-11-20)24-21-12-8-5-9-13-21;1-4-14(2)17-7-9-20(10-8-17)22-15(3)21-13-19-12-16-5-6-18(19)11-16;1-4-16(2)19-10-12-20(13-11-19)22-17(3)21-15-14-18-8-6-5-7-9-18;1-4-15(3)16-11-13-18(14-12-16)21-19(5-2)20-17-9-7-6-8-10-17;1-4-14(2)16-10-12-18(13-11-16)20-15(3)19-17-8-6-5-7-9-17/h14-18,20-21,23H,3-13H2,1-2H3;7-10,14-16,18-19H,4-6,11-13H2,1-3H3;10-13,16-18H,4-9,14-15H2,1-3H3;11-15,17,19H,4-10H2,1-3H3;10-15,17H,4-9H2,1-3H3. The lowest BCUT2D eigenvalue weighted by molar-refractivity contribution is -0.161. The van der Waals surface area contributed by atoms with Gasteiger partial charge in [0.2, 0.25) is 6.29 Å². The van der Waals surface area contributed by atoms with E-state index in [1.807, 2.05) is 20.8 Å². The average Bonchev–Trinajstić information content (AvgIpc) is 1.69. The summed E-state index contributed by atoms with van der Waals surface area (Å²) in [5.41, 5.74) is 6.91. The predicted molar refractivity (Wildman–Crippen MR) is 458 cm³/mol. The molecule has 0 amide bonds. The molecule has 0 N–H and O–H groups in total. The highest BCUT2D eigenvalue weighted by molar-refractivity contribution is 5.33. The van der Waals surface area contributed by atoms with Crippen LogP contribution in [0.3, 0.4) is 0 Å². The normalized spacial score (nSPS) is 22.0. The molecule has 7 aliphatic carbocycles. The Labute approximate surface area is 671 Å². The Kier molecular flexibility index (Phi) is 41.9. The van der Waals surface area contributed by atoms with E-state index in [4.69, 9.17) is 47.4 Å². The molecule has 7 fully saturated rings. The number of benzene rings is 5. The van der Waals surface area contributed by atoms with E-state index in [2.05, 4.69) is 197 Å². The molecule has 5 aromatic rings. The monoisotopic (exact) mass is 1520 g/mol. The molecule has 12 rings (SSSR count). The number of rotatable bonds is 35. The highest BCUT2D eigenvalue weighted by Gasteiger charge is 2.40. The molecule has 5 aromatic carbocycles. The zero-order valence-electron chi connectivity index (χ0n) is 71.9. The minimum Gasteiger partial charge on any atom is -0.465 e. The van der Waals surface area contributed by atoms with Crippen LogP contribution in [0, 0.1) is 29.6 Å². The maximum Gasteiger partial charge on any atom is 0.202 e. The molecule has 110 heavy (non-hydrogen) atoms. The Bertz CT molecular complexity index is 3110. The van der Waals surface area contributed by atoms with Crippen molar-refractivity contribution in [1.29, 1.82) is 0 Å². The van der Waals surface area contributed by atoms with Gasteiger partial charge in [-0.05, 0) is 272 Å². The quantitative estimate of drug-likeness (QED) is 0.0365. The third-order valence-corrected chi connectivity index (χ3v) is 25.8. The van der Waals surface area contributed by atoms with Crippen LogP contribution in [-0.4, -0.2) is 63.0 Å². The van der Waals surface area contributed by atoms with Crippen LogP contribution in [0.25, 0.3) is 0 Å². The van der Waals surface area contributed by atoms with Crippen molar-refractivity contribution < 1.29 is 47.4 Å². The fourth-order valence-corrected chi connectivity index (χ4v) is 17.4. The molecule has 10 heteroatoms. The van der Waals surface area contributed by atoms with Crippen molar-refractivity contribution in [2.75, 3.05) is 13.2 Å². The van der Waals surface area contributed by atoms with E-state index < -0.39 is 0 Å². The van der Waals surface area contributed by atoms with Crippen molar-refractivity contribution in [3.63, 3.8) is 0 Å². The van der Waals surface area contributed by atoms with Crippen molar-refractivity contribution in [1.82, 2.24) is 0 Å². The van der Waals surface area contributed by atoms with Gasteiger partial charge in [-0.15, -0.1) is 0 Å². The Morgan fingerprint density at radius 1 is 0.300 bits per heavy atom. The summed E-state index contributed by atoms with van der Waals surface area (Å²) < 4.78 is 60.4. The van der Waals surface area contributed by atoms with E-state index in [0.717, 1.165) is 72.1 Å². The third kappa shape index (κ3) is 32.7. The molecule has 13 atom stereocenters. The summed E-state index contributed by atoms with van der Waals surface area (Å²) in [6.07, 6.45) is 46.7. The highest BCUT2D eigenvalue weighted by Crippen LogP contribution is 2.48. The topological polar surface area (TPSA) is 92.3 Å². The molecule has 616 valence electrons. The molecule has 13 unspecified atom stereocenters. The van der Waals surface area contributed by atoms with Gasteiger partial charge in [-0.25, -0.2) is 0 Å². The Hall–Kier alpha value is -5.10. The predicted octanol–water partition coefficient (Wildman–Crippen LogP) is 29.1. The lowest BCUT2D eigenvalue weighted by Crippen LogP contribution is -2.36. The van der Waals surface area contributed by atoms with Gasteiger partial charge in [0.1, 0.15) is 28.7 Å².